The molecule has 31 heavy (non-hydrogen) atoms. The molecule has 2 aromatic carbocycles. The molecule has 164 valence electrons. The molecule has 2 heterocycles. The molecule has 2 aromatic rings. The number of benzene rings is 2. The van der Waals surface area contributed by atoms with Crippen LogP contribution >= 0.6 is 11.8 Å². The van der Waals surface area contributed by atoms with Crippen molar-refractivity contribution in [3.8, 4) is 0 Å². The highest BCUT2D eigenvalue weighted by Gasteiger charge is 2.29. The van der Waals surface area contributed by atoms with E-state index in [1.54, 1.807) is 18.2 Å². The molecule has 7 nitrogen and oxygen atoms in total. The Morgan fingerprint density at radius 2 is 1.81 bits per heavy atom. The summed E-state index contributed by atoms with van der Waals surface area (Å²) in [4.78, 5) is 26.0. The lowest BCUT2D eigenvalue weighted by Crippen LogP contribution is -2.32. The third-order valence-electron chi connectivity index (χ3n) is 5.40. The first-order valence-electron chi connectivity index (χ1n) is 10.4. The van der Waals surface area contributed by atoms with E-state index in [1.807, 2.05) is 24.3 Å². The van der Waals surface area contributed by atoms with Gasteiger partial charge in [-0.2, -0.15) is 4.31 Å². The number of anilines is 2. The Kier molecular flexibility index (Phi) is 6.64. The minimum Gasteiger partial charge on any atom is -0.326 e. The maximum atomic E-state index is 13.0. The number of nitrogens with one attached hydrogen (secondary N) is 2. The molecule has 0 bridgehead atoms. The van der Waals surface area contributed by atoms with Crippen LogP contribution in [-0.4, -0.2) is 42.9 Å². The van der Waals surface area contributed by atoms with Crippen molar-refractivity contribution in [2.75, 3.05) is 23.7 Å². The zero-order valence-corrected chi connectivity index (χ0v) is 18.7. The van der Waals surface area contributed by atoms with Gasteiger partial charge < -0.3 is 10.6 Å². The van der Waals surface area contributed by atoms with Gasteiger partial charge in [-0.1, -0.05) is 31.0 Å². The van der Waals surface area contributed by atoms with Gasteiger partial charge in [-0.25, -0.2) is 8.42 Å². The van der Waals surface area contributed by atoms with E-state index >= 15 is 0 Å². The van der Waals surface area contributed by atoms with Gasteiger partial charge in [-0.15, -0.1) is 11.8 Å². The Bertz CT molecular complexity index is 1080. The first kappa shape index (κ1) is 21.9. The zero-order chi connectivity index (χ0) is 21.8. The van der Waals surface area contributed by atoms with Crippen LogP contribution in [0.25, 0.3) is 0 Å². The van der Waals surface area contributed by atoms with E-state index in [0.29, 0.717) is 18.8 Å². The molecule has 1 fully saturated rings. The van der Waals surface area contributed by atoms with Crippen molar-refractivity contribution in [1.82, 2.24) is 4.31 Å². The highest BCUT2D eigenvalue weighted by molar-refractivity contribution is 8.01. The van der Waals surface area contributed by atoms with E-state index in [4.69, 9.17) is 0 Å². The summed E-state index contributed by atoms with van der Waals surface area (Å²) >= 11 is 1.36. The molecule has 0 aliphatic carbocycles. The summed E-state index contributed by atoms with van der Waals surface area (Å²) in [7, 11) is -3.60. The van der Waals surface area contributed by atoms with Crippen LogP contribution in [0.3, 0.4) is 0 Å². The molecule has 4 rings (SSSR count). The second kappa shape index (κ2) is 9.42. The molecule has 1 atom stereocenters. The summed E-state index contributed by atoms with van der Waals surface area (Å²) in [6, 6.07) is 13.8. The maximum absolute atomic E-state index is 13.0. The topological polar surface area (TPSA) is 95.6 Å². The number of fused-ring (bicyclic) bond motifs is 1. The molecule has 9 heteroatoms. The van der Waals surface area contributed by atoms with Gasteiger partial charge in [0.25, 0.3) is 0 Å². The van der Waals surface area contributed by atoms with Gasteiger partial charge in [-0.3, -0.25) is 9.59 Å². The van der Waals surface area contributed by atoms with Crippen LogP contribution in [0.1, 0.15) is 32.1 Å². The molecule has 2 aliphatic heterocycles. The number of para-hydroxylation sites is 1. The molecule has 0 aromatic heterocycles. The molecule has 0 spiro atoms. The molecular weight excluding hydrogens is 434 g/mol. The minimum absolute atomic E-state index is 0.00601. The predicted molar refractivity (Wildman–Crippen MR) is 122 cm³/mol. The van der Waals surface area contributed by atoms with Gasteiger partial charge in [0, 0.05) is 30.1 Å². The van der Waals surface area contributed by atoms with Crippen molar-refractivity contribution < 1.29 is 18.0 Å². The normalized spacial score (nSPS) is 19.7. The summed E-state index contributed by atoms with van der Waals surface area (Å²) in [5, 5.41) is 5.03. The van der Waals surface area contributed by atoms with Crippen molar-refractivity contribution in [2.24, 2.45) is 0 Å². The molecule has 0 saturated carbocycles. The van der Waals surface area contributed by atoms with E-state index in [-0.39, 0.29) is 23.1 Å². The van der Waals surface area contributed by atoms with E-state index in [1.165, 1.54) is 22.1 Å². The summed E-state index contributed by atoms with van der Waals surface area (Å²) < 4.78 is 27.6. The number of rotatable bonds is 5. The van der Waals surface area contributed by atoms with E-state index < -0.39 is 15.3 Å². The van der Waals surface area contributed by atoms with Gasteiger partial charge in [0.2, 0.25) is 21.8 Å². The average molecular weight is 460 g/mol. The predicted octanol–water partition coefficient (Wildman–Crippen LogP) is 3.69. The summed E-state index contributed by atoms with van der Waals surface area (Å²) in [5.74, 6) is -0.548. The first-order chi connectivity index (χ1) is 14.9. The van der Waals surface area contributed by atoms with Crippen LogP contribution in [0.5, 0.6) is 0 Å². The second-order valence-electron chi connectivity index (χ2n) is 7.69. The molecule has 2 N–H and O–H groups in total. The van der Waals surface area contributed by atoms with Gasteiger partial charge in [0.05, 0.1) is 15.8 Å². The Hall–Kier alpha value is -2.36. The van der Waals surface area contributed by atoms with Crippen LogP contribution in [0.2, 0.25) is 0 Å². The molecule has 1 unspecified atom stereocenters. The van der Waals surface area contributed by atoms with Crippen molar-refractivity contribution in [2.45, 2.75) is 47.1 Å². The van der Waals surface area contributed by atoms with Crippen LogP contribution in [0.4, 0.5) is 11.4 Å². The van der Waals surface area contributed by atoms with Crippen LogP contribution in [0.15, 0.2) is 58.3 Å². The number of nitrogens with zero attached hydrogens (tertiary/aromatic N) is 1. The van der Waals surface area contributed by atoms with Gasteiger partial charge in [0.1, 0.15) is 0 Å². The third kappa shape index (κ3) is 5.11. The smallest absolute Gasteiger partial charge is 0.243 e. The van der Waals surface area contributed by atoms with Crippen LogP contribution in [-0.2, 0) is 19.6 Å². The monoisotopic (exact) mass is 459 g/mol. The van der Waals surface area contributed by atoms with Crippen LogP contribution in [0, 0.1) is 0 Å². The summed E-state index contributed by atoms with van der Waals surface area (Å²) in [5.41, 5.74) is 1.16. The lowest BCUT2D eigenvalue weighted by molar-refractivity contribution is -0.120. The Morgan fingerprint density at radius 1 is 1.06 bits per heavy atom. The van der Waals surface area contributed by atoms with Crippen molar-refractivity contribution in [3.63, 3.8) is 0 Å². The summed E-state index contributed by atoms with van der Waals surface area (Å²) in [6.45, 7) is 1.04. The number of hydrogen-bond donors (Lipinski definition) is 2. The minimum atomic E-state index is -3.60. The fourth-order valence-corrected chi connectivity index (χ4v) is 6.45. The van der Waals surface area contributed by atoms with Crippen LogP contribution < -0.4 is 10.6 Å². The number of sulfonamides is 1. The Balaban J connectivity index is 1.43. The van der Waals surface area contributed by atoms with E-state index in [2.05, 4.69) is 10.6 Å². The number of thioether (sulfide) groups is 1. The number of hydrogen-bond acceptors (Lipinski definition) is 5. The fourth-order valence-electron chi connectivity index (χ4n) is 3.77. The number of carbonyl (C=O) groups excluding carboxylic acids is 2. The molecular formula is C22H25N3O4S2. The number of amides is 2. The second-order valence-corrected chi connectivity index (χ2v) is 10.9. The van der Waals surface area contributed by atoms with E-state index in [9.17, 15) is 18.0 Å². The average Bonchev–Trinajstić information content (AvgIpc) is 3.05. The third-order valence-corrected chi connectivity index (χ3v) is 8.57. The van der Waals surface area contributed by atoms with Gasteiger partial charge in [0.15, 0.2) is 0 Å². The lowest BCUT2D eigenvalue weighted by atomic mass is 10.2. The zero-order valence-electron chi connectivity index (χ0n) is 17.0. The quantitative estimate of drug-likeness (QED) is 0.711. The first-order valence-corrected chi connectivity index (χ1v) is 12.7. The SMILES string of the molecule is O=C(CC1Sc2ccccc2NC1=O)Nc1cccc(S(=O)(=O)N2CCCCCC2)c1. The molecule has 2 amide bonds. The Labute approximate surface area is 186 Å². The standard InChI is InChI=1S/C22H25N3O4S2/c26-21(15-20-22(27)24-18-10-3-4-11-19(18)30-20)23-16-8-7-9-17(14-16)31(28,29)25-12-5-1-2-6-13-25/h3-4,7-11,14,20H,1-2,5-6,12-13,15H2,(H,23,26)(H,24,27). The summed E-state index contributed by atoms with van der Waals surface area (Å²) in [6.07, 6.45) is 3.80. The molecule has 1 saturated heterocycles. The van der Waals surface area contributed by atoms with Gasteiger partial charge >= 0.3 is 0 Å². The fraction of sp³-hybridized carbons (Fsp3) is 0.364. The van der Waals surface area contributed by atoms with Gasteiger partial charge in [-0.05, 0) is 43.2 Å². The van der Waals surface area contributed by atoms with E-state index in [0.717, 1.165) is 36.3 Å². The largest absolute Gasteiger partial charge is 0.326 e. The Morgan fingerprint density at radius 3 is 2.58 bits per heavy atom. The number of carbonyl (C=O) groups is 2. The molecule has 0 radical (unpaired) electrons. The van der Waals surface area contributed by atoms with Crippen molar-refractivity contribution in [1.29, 1.82) is 0 Å². The molecule has 2 aliphatic rings. The van der Waals surface area contributed by atoms with Crippen molar-refractivity contribution >= 4 is 45.0 Å². The van der Waals surface area contributed by atoms with Crippen molar-refractivity contribution in [3.05, 3.63) is 48.5 Å². The highest BCUT2D eigenvalue weighted by Crippen LogP contribution is 2.36. The highest BCUT2D eigenvalue weighted by atomic mass is 32.2. The maximum Gasteiger partial charge on any atom is 0.243 e. The lowest BCUT2D eigenvalue weighted by Gasteiger charge is -2.23.